The Balaban J connectivity index is 1.86. The van der Waals surface area contributed by atoms with Crippen LogP contribution in [0.5, 0.6) is 0 Å². The van der Waals surface area contributed by atoms with Gasteiger partial charge in [-0.2, -0.15) is 0 Å². The molecule has 0 bridgehead atoms. The van der Waals surface area contributed by atoms with Gasteiger partial charge in [-0.05, 0) is 34.7 Å². The van der Waals surface area contributed by atoms with E-state index in [2.05, 4.69) is 0 Å². The van der Waals surface area contributed by atoms with E-state index in [0.29, 0.717) is 22.3 Å². The Bertz CT molecular complexity index is 1170. The Morgan fingerprint density at radius 1 is 0.808 bits per heavy atom. The number of thiophene rings is 1. The van der Waals surface area contributed by atoms with Crippen molar-refractivity contribution in [2.45, 2.75) is 13.1 Å². The Hall–Kier alpha value is -2.99. The minimum atomic E-state index is -0.367. The molecule has 0 fully saturated rings. The highest BCUT2D eigenvalue weighted by Gasteiger charge is 2.15. The van der Waals surface area contributed by atoms with Crippen LogP contribution in [0.2, 0.25) is 0 Å². The third-order valence-corrected chi connectivity index (χ3v) is 5.17. The summed E-state index contributed by atoms with van der Waals surface area (Å²) >= 11 is 1.32. The SMILES string of the molecule is O=c1c2sccc2n(Cc2ccccc2)c(=O)n1Cc1ccc(F)cc1. The number of benzene rings is 2. The van der Waals surface area contributed by atoms with Gasteiger partial charge in [0.15, 0.2) is 0 Å². The van der Waals surface area contributed by atoms with Crippen LogP contribution in [-0.4, -0.2) is 9.13 Å². The summed E-state index contributed by atoms with van der Waals surface area (Å²) in [5.74, 6) is -0.351. The molecule has 6 heteroatoms. The van der Waals surface area contributed by atoms with Crippen LogP contribution in [0.3, 0.4) is 0 Å². The number of hydrogen-bond acceptors (Lipinski definition) is 3. The zero-order valence-electron chi connectivity index (χ0n) is 13.8. The Morgan fingerprint density at radius 3 is 2.19 bits per heavy atom. The van der Waals surface area contributed by atoms with Gasteiger partial charge in [-0.3, -0.25) is 13.9 Å². The van der Waals surface area contributed by atoms with E-state index in [-0.39, 0.29) is 23.6 Å². The lowest BCUT2D eigenvalue weighted by molar-refractivity contribution is 0.620. The van der Waals surface area contributed by atoms with Crippen molar-refractivity contribution in [1.29, 1.82) is 0 Å². The van der Waals surface area contributed by atoms with E-state index in [1.165, 1.54) is 28.0 Å². The fraction of sp³-hybridized carbons (Fsp3) is 0.100. The van der Waals surface area contributed by atoms with Gasteiger partial charge in [-0.15, -0.1) is 11.3 Å². The maximum atomic E-state index is 13.1. The van der Waals surface area contributed by atoms with Gasteiger partial charge in [-0.25, -0.2) is 9.18 Å². The van der Waals surface area contributed by atoms with Gasteiger partial charge in [-0.1, -0.05) is 42.5 Å². The second-order valence-corrected chi connectivity index (χ2v) is 6.92. The standard InChI is InChI=1S/C20H15FN2O2S/c21-16-8-6-15(7-9-16)13-23-19(24)18-17(10-11-26-18)22(20(23)25)12-14-4-2-1-3-5-14/h1-11H,12-13H2. The third kappa shape index (κ3) is 2.99. The summed E-state index contributed by atoms with van der Waals surface area (Å²) in [5, 5.41) is 1.81. The van der Waals surface area contributed by atoms with E-state index >= 15 is 0 Å². The number of hydrogen-bond donors (Lipinski definition) is 0. The Kier molecular flexibility index (Phi) is 4.26. The normalized spacial score (nSPS) is 11.1. The van der Waals surface area contributed by atoms with Crippen molar-refractivity contribution in [3.8, 4) is 0 Å². The molecule has 130 valence electrons. The van der Waals surface area contributed by atoms with Crippen molar-refractivity contribution in [2.24, 2.45) is 0 Å². The van der Waals surface area contributed by atoms with Crippen LogP contribution in [0, 0.1) is 5.82 Å². The monoisotopic (exact) mass is 366 g/mol. The second-order valence-electron chi connectivity index (χ2n) is 6.01. The van der Waals surface area contributed by atoms with Crippen LogP contribution < -0.4 is 11.2 Å². The Morgan fingerprint density at radius 2 is 1.46 bits per heavy atom. The van der Waals surface area contributed by atoms with Gasteiger partial charge < -0.3 is 0 Å². The van der Waals surface area contributed by atoms with Crippen LogP contribution in [0.4, 0.5) is 4.39 Å². The van der Waals surface area contributed by atoms with E-state index in [1.807, 2.05) is 35.7 Å². The lowest BCUT2D eigenvalue weighted by Crippen LogP contribution is -2.40. The van der Waals surface area contributed by atoms with Crippen molar-refractivity contribution >= 4 is 21.6 Å². The van der Waals surface area contributed by atoms with Gasteiger partial charge in [0.05, 0.1) is 18.6 Å². The molecule has 4 aromatic rings. The molecule has 0 saturated heterocycles. The van der Waals surface area contributed by atoms with Crippen LogP contribution >= 0.6 is 11.3 Å². The number of halogens is 1. The summed E-state index contributed by atoms with van der Waals surface area (Å²) in [6.45, 7) is 0.497. The van der Waals surface area contributed by atoms with Gasteiger partial charge >= 0.3 is 5.69 Å². The summed E-state index contributed by atoms with van der Waals surface area (Å²) in [6.07, 6.45) is 0. The van der Waals surface area contributed by atoms with E-state index in [9.17, 15) is 14.0 Å². The molecule has 0 unspecified atom stereocenters. The lowest BCUT2D eigenvalue weighted by atomic mass is 10.2. The number of fused-ring (bicyclic) bond motifs is 1. The first-order chi connectivity index (χ1) is 12.6. The van der Waals surface area contributed by atoms with Crippen molar-refractivity contribution in [1.82, 2.24) is 9.13 Å². The first-order valence-electron chi connectivity index (χ1n) is 8.13. The first kappa shape index (κ1) is 16.5. The lowest BCUT2D eigenvalue weighted by Gasteiger charge is -2.12. The van der Waals surface area contributed by atoms with Gasteiger partial charge in [0, 0.05) is 0 Å². The largest absolute Gasteiger partial charge is 0.332 e. The van der Waals surface area contributed by atoms with Crippen LogP contribution in [0.25, 0.3) is 10.2 Å². The predicted octanol–water partition coefficient (Wildman–Crippen LogP) is 3.46. The van der Waals surface area contributed by atoms with E-state index in [1.54, 1.807) is 22.8 Å². The molecule has 0 spiro atoms. The molecular formula is C20H15FN2O2S. The molecule has 0 N–H and O–H groups in total. The summed E-state index contributed by atoms with van der Waals surface area (Å²) in [7, 11) is 0. The smallest absolute Gasteiger partial charge is 0.288 e. The molecule has 2 aromatic heterocycles. The van der Waals surface area contributed by atoms with Crippen molar-refractivity contribution in [3.63, 3.8) is 0 Å². The molecule has 0 atom stereocenters. The number of rotatable bonds is 4. The minimum Gasteiger partial charge on any atom is -0.288 e. The zero-order chi connectivity index (χ0) is 18.1. The molecule has 0 radical (unpaired) electrons. The molecule has 2 heterocycles. The van der Waals surface area contributed by atoms with Crippen molar-refractivity contribution in [2.75, 3.05) is 0 Å². The van der Waals surface area contributed by atoms with Crippen molar-refractivity contribution in [3.05, 3.63) is 104 Å². The van der Waals surface area contributed by atoms with Crippen molar-refractivity contribution < 1.29 is 4.39 Å². The number of aromatic nitrogens is 2. The minimum absolute atomic E-state index is 0.112. The summed E-state index contributed by atoms with van der Waals surface area (Å²) in [6, 6.07) is 17.3. The van der Waals surface area contributed by atoms with Crippen LogP contribution in [0.15, 0.2) is 75.6 Å². The van der Waals surface area contributed by atoms with E-state index in [0.717, 1.165) is 5.56 Å². The highest BCUT2D eigenvalue weighted by Crippen LogP contribution is 2.17. The molecule has 0 saturated carbocycles. The maximum absolute atomic E-state index is 13.1. The van der Waals surface area contributed by atoms with Gasteiger partial charge in [0.1, 0.15) is 10.5 Å². The Labute approximate surface area is 152 Å². The molecular weight excluding hydrogens is 351 g/mol. The molecule has 2 aromatic carbocycles. The highest BCUT2D eigenvalue weighted by molar-refractivity contribution is 7.17. The fourth-order valence-electron chi connectivity index (χ4n) is 2.96. The predicted molar refractivity (Wildman–Crippen MR) is 101 cm³/mol. The molecule has 26 heavy (non-hydrogen) atoms. The van der Waals surface area contributed by atoms with Gasteiger partial charge in [0.2, 0.25) is 0 Å². The molecule has 0 amide bonds. The first-order valence-corrected chi connectivity index (χ1v) is 9.00. The summed E-state index contributed by atoms with van der Waals surface area (Å²) in [5.41, 5.74) is 1.65. The number of nitrogens with zero attached hydrogens (tertiary/aromatic N) is 2. The average Bonchev–Trinajstić information content (AvgIpc) is 3.14. The van der Waals surface area contributed by atoms with Crippen LogP contribution in [-0.2, 0) is 13.1 Å². The summed E-state index contributed by atoms with van der Waals surface area (Å²) < 4.78 is 16.5. The molecule has 0 aliphatic carbocycles. The maximum Gasteiger partial charge on any atom is 0.332 e. The highest BCUT2D eigenvalue weighted by atomic mass is 32.1. The van der Waals surface area contributed by atoms with E-state index < -0.39 is 0 Å². The summed E-state index contributed by atoms with van der Waals surface area (Å²) in [4.78, 5) is 25.8. The topological polar surface area (TPSA) is 44.0 Å². The molecule has 0 aliphatic heterocycles. The third-order valence-electron chi connectivity index (χ3n) is 4.27. The van der Waals surface area contributed by atoms with Gasteiger partial charge in [0.25, 0.3) is 5.56 Å². The van der Waals surface area contributed by atoms with Crippen LogP contribution in [0.1, 0.15) is 11.1 Å². The average molecular weight is 366 g/mol. The molecule has 4 nitrogen and oxygen atoms in total. The quantitative estimate of drug-likeness (QED) is 0.555. The van der Waals surface area contributed by atoms with E-state index in [4.69, 9.17) is 0 Å². The zero-order valence-corrected chi connectivity index (χ0v) is 14.6. The molecule has 4 rings (SSSR count). The fourth-order valence-corrected chi connectivity index (χ4v) is 3.81. The molecule has 0 aliphatic rings. The second kappa shape index (κ2) is 6.72.